The lowest BCUT2D eigenvalue weighted by atomic mass is 10.1. The largest absolute Gasteiger partial charge is 0.382 e. The molecule has 1 heterocycles. The van der Waals surface area contributed by atoms with Crippen LogP contribution in [0.1, 0.15) is 33.0 Å². The predicted octanol–water partition coefficient (Wildman–Crippen LogP) is 1.22. The minimum Gasteiger partial charge on any atom is -0.382 e. The molecule has 1 N–H and O–H groups in total. The summed E-state index contributed by atoms with van der Waals surface area (Å²) in [5.41, 5.74) is 0.0840. The van der Waals surface area contributed by atoms with E-state index in [1.807, 2.05) is 4.68 Å². The maximum absolute atomic E-state index is 5.40. The molecule has 19 heavy (non-hydrogen) atoms. The third kappa shape index (κ3) is 7.92. The first-order valence-electron chi connectivity index (χ1n) is 6.71. The van der Waals surface area contributed by atoms with E-state index >= 15 is 0 Å². The molecule has 0 amide bonds. The molecule has 0 saturated heterocycles. The second-order valence-electron chi connectivity index (χ2n) is 5.49. The summed E-state index contributed by atoms with van der Waals surface area (Å²) in [6.45, 7) is 9.92. The normalized spacial score (nSPS) is 12.0. The van der Waals surface area contributed by atoms with Gasteiger partial charge in [0.1, 0.15) is 6.33 Å². The summed E-state index contributed by atoms with van der Waals surface area (Å²) in [6, 6.07) is 0. The molecule has 6 nitrogen and oxygen atoms in total. The lowest BCUT2D eigenvalue weighted by Crippen LogP contribution is -2.35. The van der Waals surface area contributed by atoms with Gasteiger partial charge in [-0.05, 0) is 27.2 Å². The van der Waals surface area contributed by atoms with Crippen LogP contribution in [0.15, 0.2) is 6.33 Å². The second-order valence-corrected chi connectivity index (χ2v) is 5.49. The molecule has 0 aliphatic rings. The molecule has 110 valence electrons. The number of hydrogen-bond acceptors (Lipinski definition) is 5. The first-order valence-corrected chi connectivity index (χ1v) is 6.71. The molecule has 0 saturated carbocycles. The van der Waals surface area contributed by atoms with Crippen LogP contribution in [-0.4, -0.2) is 47.2 Å². The number of nitrogens with one attached hydrogen (secondary N) is 1. The van der Waals surface area contributed by atoms with Crippen LogP contribution in [0.25, 0.3) is 0 Å². The monoisotopic (exact) mass is 270 g/mol. The molecule has 0 bridgehead atoms. The number of hydrogen-bond donors (Lipinski definition) is 1. The van der Waals surface area contributed by atoms with Crippen molar-refractivity contribution in [1.82, 2.24) is 20.1 Å². The van der Waals surface area contributed by atoms with Gasteiger partial charge in [-0.2, -0.15) is 5.10 Å². The molecule has 0 aliphatic carbocycles. The summed E-state index contributed by atoms with van der Waals surface area (Å²) in [6.07, 6.45) is 2.70. The number of rotatable bonds is 9. The van der Waals surface area contributed by atoms with Crippen LogP contribution in [0.4, 0.5) is 0 Å². The van der Waals surface area contributed by atoms with Crippen molar-refractivity contribution in [2.24, 2.45) is 0 Å². The SMILES string of the molecule is COCCOCCCn1cnc(CNC(C)(C)C)n1. The Labute approximate surface area is 115 Å². The third-order valence-corrected chi connectivity index (χ3v) is 2.47. The lowest BCUT2D eigenvalue weighted by Gasteiger charge is -2.19. The first kappa shape index (κ1) is 16.1. The topological polar surface area (TPSA) is 61.2 Å². The van der Waals surface area contributed by atoms with E-state index in [1.54, 1.807) is 13.4 Å². The maximum atomic E-state index is 5.40. The summed E-state index contributed by atoms with van der Waals surface area (Å²) in [7, 11) is 1.67. The zero-order valence-electron chi connectivity index (χ0n) is 12.5. The molecule has 0 aliphatic heterocycles. The minimum absolute atomic E-state index is 0.0840. The van der Waals surface area contributed by atoms with Crippen molar-refractivity contribution in [3.63, 3.8) is 0 Å². The van der Waals surface area contributed by atoms with E-state index in [1.165, 1.54) is 0 Å². The van der Waals surface area contributed by atoms with Crippen molar-refractivity contribution in [2.45, 2.75) is 45.8 Å². The van der Waals surface area contributed by atoms with E-state index < -0.39 is 0 Å². The van der Waals surface area contributed by atoms with Crippen LogP contribution in [0, 0.1) is 0 Å². The minimum atomic E-state index is 0.0840. The summed E-state index contributed by atoms with van der Waals surface area (Å²) >= 11 is 0. The van der Waals surface area contributed by atoms with E-state index in [0.717, 1.165) is 25.4 Å². The van der Waals surface area contributed by atoms with Gasteiger partial charge < -0.3 is 14.8 Å². The molecule has 1 aromatic heterocycles. The van der Waals surface area contributed by atoms with Gasteiger partial charge in [0.05, 0.1) is 19.8 Å². The Morgan fingerprint density at radius 2 is 2.05 bits per heavy atom. The smallest absolute Gasteiger partial charge is 0.164 e. The Bertz CT molecular complexity index is 347. The average molecular weight is 270 g/mol. The summed E-state index contributed by atoms with van der Waals surface area (Å²) in [4.78, 5) is 4.28. The Kier molecular flexibility index (Phi) is 6.97. The maximum Gasteiger partial charge on any atom is 0.164 e. The van der Waals surface area contributed by atoms with E-state index in [-0.39, 0.29) is 5.54 Å². The molecule has 1 rings (SSSR count). The van der Waals surface area contributed by atoms with Gasteiger partial charge in [-0.3, -0.25) is 4.68 Å². The van der Waals surface area contributed by atoms with Gasteiger partial charge >= 0.3 is 0 Å². The molecule has 0 unspecified atom stereocenters. The molecule has 0 aromatic carbocycles. The Hall–Kier alpha value is -0.980. The fourth-order valence-electron chi connectivity index (χ4n) is 1.44. The van der Waals surface area contributed by atoms with Gasteiger partial charge in [-0.1, -0.05) is 0 Å². The van der Waals surface area contributed by atoms with E-state index in [2.05, 4.69) is 36.2 Å². The fraction of sp³-hybridized carbons (Fsp3) is 0.846. The molecule has 0 radical (unpaired) electrons. The zero-order chi connectivity index (χ0) is 14.1. The van der Waals surface area contributed by atoms with E-state index in [4.69, 9.17) is 9.47 Å². The van der Waals surface area contributed by atoms with Crippen molar-refractivity contribution in [3.8, 4) is 0 Å². The zero-order valence-corrected chi connectivity index (χ0v) is 12.5. The van der Waals surface area contributed by atoms with Crippen LogP contribution in [-0.2, 0) is 22.6 Å². The first-order chi connectivity index (χ1) is 9.01. The highest BCUT2D eigenvalue weighted by Gasteiger charge is 2.10. The van der Waals surface area contributed by atoms with Gasteiger partial charge in [0.2, 0.25) is 0 Å². The van der Waals surface area contributed by atoms with E-state index in [0.29, 0.717) is 19.8 Å². The molecule has 6 heteroatoms. The van der Waals surface area contributed by atoms with Crippen LogP contribution < -0.4 is 5.32 Å². The number of aryl methyl sites for hydroxylation is 1. The number of ether oxygens (including phenoxy) is 2. The Morgan fingerprint density at radius 3 is 2.74 bits per heavy atom. The summed E-state index contributed by atoms with van der Waals surface area (Å²) < 4.78 is 12.2. The lowest BCUT2D eigenvalue weighted by molar-refractivity contribution is 0.0677. The van der Waals surface area contributed by atoms with Crippen molar-refractivity contribution >= 4 is 0 Å². The van der Waals surface area contributed by atoms with Crippen molar-refractivity contribution in [2.75, 3.05) is 26.9 Å². The fourth-order valence-corrected chi connectivity index (χ4v) is 1.44. The molecule has 0 atom stereocenters. The van der Waals surface area contributed by atoms with Crippen LogP contribution >= 0.6 is 0 Å². The standard InChI is InChI=1S/C13H26N4O2/c1-13(2,3)15-10-12-14-11-17(16-12)6-5-7-19-9-8-18-4/h11,15H,5-10H2,1-4H3. The quantitative estimate of drug-likeness (QED) is 0.684. The number of aromatic nitrogens is 3. The van der Waals surface area contributed by atoms with Crippen LogP contribution in [0.3, 0.4) is 0 Å². The van der Waals surface area contributed by atoms with Gasteiger partial charge in [0.25, 0.3) is 0 Å². The van der Waals surface area contributed by atoms with Crippen molar-refractivity contribution in [1.29, 1.82) is 0 Å². The Morgan fingerprint density at radius 1 is 1.26 bits per heavy atom. The molecule has 1 aromatic rings. The summed E-state index contributed by atoms with van der Waals surface area (Å²) in [5.74, 6) is 0.829. The van der Waals surface area contributed by atoms with E-state index in [9.17, 15) is 0 Å². The molecular weight excluding hydrogens is 244 g/mol. The second kappa shape index (κ2) is 8.24. The average Bonchev–Trinajstić information content (AvgIpc) is 2.78. The van der Waals surface area contributed by atoms with Gasteiger partial charge in [0, 0.05) is 25.8 Å². The van der Waals surface area contributed by atoms with Crippen molar-refractivity contribution in [3.05, 3.63) is 12.2 Å². The van der Waals surface area contributed by atoms with Gasteiger partial charge in [0.15, 0.2) is 5.82 Å². The highest BCUT2D eigenvalue weighted by atomic mass is 16.5. The predicted molar refractivity (Wildman–Crippen MR) is 73.9 cm³/mol. The molecule has 0 fully saturated rings. The number of methoxy groups -OCH3 is 1. The Balaban J connectivity index is 2.16. The highest BCUT2D eigenvalue weighted by molar-refractivity contribution is 4.83. The molecule has 0 spiro atoms. The summed E-state index contributed by atoms with van der Waals surface area (Å²) in [5, 5.41) is 7.78. The number of nitrogens with zero attached hydrogens (tertiary/aromatic N) is 3. The third-order valence-electron chi connectivity index (χ3n) is 2.47. The molecular formula is C13H26N4O2. The van der Waals surface area contributed by atoms with Crippen LogP contribution in [0.5, 0.6) is 0 Å². The highest BCUT2D eigenvalue weighted by Crippen LogP contribution is 2.00. The van der Waals surface area contributed by atoms with Crippen molar-refractivity contribution < 1.29 is 9.47 Å². The van der Waals surface area contributed by atoms with Gasteiger partial charge in [-0.15, -0.1) is 0 Å². The van der Waals surface area contributed by atoms with Crippen LogP contribution in [0.2, 0.25) is 0 Å². The van der Waals surface area contributed by atoms with Gasteiger partial charge in [-0.25, -0.2) is 4.98 Å².